The summed E-state index contributed by atoms with van der Waals surface area (Å²) in [5.74, 6) is 0. The Hall–Kier alpha value is -0.420. The molecular formula is C9H16N2OS. The first-order valence-electron chi connectivity index (χ1n) is 4.44. The smallest absolute Gasteiger partial charge is 0.0591 e. The predicted octanol–water partition coefficient (Wildman–Crippen LogP) is 0.813. The van der Waals surface area contributed by atoms with E-state index in [-0.39, 0.29) is 0 Å². The van der Waals surface area contributed by atoms with Crippen LogP contribution in [0.15, 0.2) is 17.5 Å². The van der Waals surface area contributed by atoms with Crippen LogP contribution in [0, 0.1) is 0 Å². The summed E-state index contributed by atoms with van der Waals surface area (Å²) in [6.45, 7) is 3.82. The van der Waals surface area contributed by atoms with Gasteiger partial charge >= 0.3 is 0 Å². The standard InChI is InChI=1S/C9H16N2OS/c10-3-5-12-6-4-11-8-9-2-1-7-13-9/h1-2,7,11H,3-6,8,10H2. The molecule has 0 saturated heterocycles. The molecule has 0 unspecified atom stereocenters. The topological polar surface area (TPSA) is 47.3 Å². The molecule has 0 aliphatic carbocycles. The maximum atomic E-state index is 5.28. The molecule has 0 fully saturated rings. The molecule has 1 rings (SSSR count). The number of hydrogen-bond donors (Lipinski definition) is 2. The minimum atomic E-state index is 0.602. The third kappa shape index (κ3) is 5.00. The average Bonchev–Trinajstić information content (AvgIpc) is 2.63. The van der Waals surface area contributed by atoms with E-state index in [2.05, 4.69) is 22.8 Å². The van der Waals surface area contributed by atoms with Gasteiger partial charge in [0.25, 0.3) is 0 Å². The molecule has 0 bridgehead atoms. The quantitative estimate of drug-likeness (QED) is 0.640. The van der Waals surface area contributed by atoms with Crippen LogP contribution in [0.4, 0.5) is 0 Å². The Bertz CT molecular complexity index is 201. The van der Waals surface area contributed by atoms with Crippen molar-refractivity contribution in [2.75, 3.05) is 26.3 Å². The first-order valence-corrected chi connectivity index (χ1v) is 5.32. The van der Waals surface area contributed by atoms with Crippen LogP contribution < -0.4 is 11.1 Å². The molecule has 0 aliphatic rings. The first kappa shape index (κ1) is 10.7. The Morgan fingerprint density at radius 1 is 1.46 bits per heavy atom. The van der Waals surface area contributed by atoms with E-state index in [1.54, 1.807) is 11.3 Å². The fourth-order valence-electron chi connectivity index (χ4n) is 0.954. The van der Waals surface area contributed by atoms with Gasteiger partial charge in [0.2, 0.25) is 0 Å². The fraction of sp³-hybridized carbons (Fsp3) is 0.556. The number of hydrogen-bond acceptors (Lipinski definition) is 4. The molecule has 1 heterocycles. The molecule has 0 aromatic carbocycles. The Morgan fingerprint density at radius 2 is 2.38 bits per heavy atom. The molecule has 3 N–H and O–H groups in total. The van der Waals surface area contributed by atoms with Crippen LogP contribution in [0.5, 0.6) is 0 Å². The molecule has 0 radical (unpaired) electrons. The molecule has 1 aromatic heterocycles. The second-order valence-electron chi connectivity index (χ2n) is 2.66. The molecule has 0 atom stereocenters. The fourth-order valence-corrected chi connectivity index (χ4v) is 1.63. The molecule has 1 aromatic rings. The van der Waals surface area contributed by atoms with Crippen molar-refractivity contribution in [1.82, 2.24) is 5.32 Å². The Kier molecular flexibility index (Phi) is 5.76. The molecule has 74 valence electrons. The monoisotopic (exact) mass is 200 g/mol. The van der Waals surface area contributed by atoms with Crippen LogP contribution in [0.2, 0.25) is 0 Å². The van der Waals surface area contributed by atoms with Crippen LogP contribution in [-0.4, -0.2) is 26.3 Å². The van der Waals surface area contributed by atoms with E-state index in [4.69, 9.17) is 10.5 Å². The van der Waals surface area contributed by atoms with E-state index in [9.17, 15) is 0 Å². The number of nitrogens with one attached hydrogen (secondary N) is 1. The number of nitrogens with two attached hydrogens (primary N) is 1. The van der Waals surface area contributed by atoms with Crippen molar-refractivity contribution in [3.05, 3.63) is 22.4 Å². The Labute approximate surface area is 82.9 Å². The predicted molar refractivity (Wildman–Crippen MR) is 55.9 cm³/mol. The van der Waals surface area contributed by atoms with E-state index in [0.717, 1.165) is 19.7 Å². The lowest BCUT2D eigenvalue weighted by Gasteiger charge is -2.03. The number of ether oxygens (including phenoxy) is 1. The molecule has 4 heteroatoms. The maximum Gasteiger partial charge on any atom is 0.0591 e. The van der Waals surface area contributed by atoms with Crippen LogP contribution >= 0.6 is 11.3 Å². The minimum Gasteiger partial charge on any atom is -0.379 e. The van der Waals surface area contributed by atoms with Crippen LogP contribution in [0.3, 0.4) is 0 Å². The SMILES string of the molecule is NCCOCCNCc1cccs1. The van der Waals surface area contributed by atoms with Gasteiger partial charge in [-0.1, -0.05) is 6.07 Å². The molecule has 13 heavy (non-hydrogen) atoms. The zero-order valence-corrected chi connectivity index (χ0v) is 8.48. The Balaban J connectivity index is 1.90. The maximum absolute atomic E-state index is 5.28. The lowest BCUT2D eigenvalue weighted by atomic mass is 10.4. The van der Waals surface area contributed by atoms with Crippen LogP contribution in [-0.2, 0) is 11.3 Å². The van der Waals surface area contributed by atoms with Crippen molar-refractivity contribution >= 4 is 11.3 Å². The van der Waals surface area contributed by atoms with Gasteiger partial charge in [-0.2, -0.15) is 0 Å². The van der Waals surface area contributed by atoms with Gasteiger partial charge in [-0.25, -0.2) is 0 Å². The van der Waals surface area contributed by atoms with E-state index < -0.39 is 0 Å². The second-order valence-corrected chi connectivity index (χ2v) is 3.69. The van der Waals surface area contributed by atoms with Crippen molar-refractivity contribution in [3.63, 3.8) is 0 Å². The zero-order valence-electron chi connectivity index (χ0n) is 7.66. The summed E-state index contributed by atoms with van der Waals surface area (Å²) in [5.41, 5.74) is 5.28. The molecule has 3 nitrogen and oxygen atoms in total. The zero-order chi connectivity index (χ0) is 9.36. The van der Waals surface area contributed by atoms with Crippen molar-refractivity contribution in [3.8, 4) is 0 Å². The number of rotatable bonds is 7. The van der Waals surface area contributed by atoms with Crippen LogP contribution in [0.1, 0.15) is 4.88 Å². The van der Waals surface area contributed by atoms with Crippen molar-refractivity contribution < 1.29 is 4.74 Å². The highest BCUT2D eigenvalue weighted by molar-refractivity contribution is 7.09. The summed E-state index contributed by atoms with van der Waals surface area (Å²) in [4.78, 5) is 1.36. The number of thiophene rings is 1. The van der Waals surface area contributed by atoms with Gasteiger partial charge in [0, 0.05) is 24.5 Å². The highest BCUT2D eigenvalue weighted by atomic mass is 32.1. The largest absolute Gasteiger partial charge is 0.379 e. The Morgan fingerprint density at radius 3 is 3.08 bits per heavy atom. The summed E-state index contributed by atoms with van der Waals surface area (Å²) >= 11 is 1.77. The summed E-state index contributed by atoms with van der Waals surface area (Å²) in [6.07, 6.45) is 0. The van der Waals surface area contributed by atoms with Gasteiger partial charge in [-0.05, 0) is 11.4 Å². The first-order chi connectivity index (χ1) is 6.43. The van der Waals surface area contributed by atoms with Crippen molar-refractivity contribution in [2.24, 2.45) is 5.73 Å². The van der Waals surface area contributed by atoms with Gasteiger partial charge in [0.1, 0.15) is 0 Å². The van der Waals surface area contributed by atoms with E-state index in [0.29, 0.717) is 13.2 Å². The third-order valence-electron chi connectivity index (χ3n) is 1.56. The van der Waals surface area contributed by atoms with Crippen molar-refractivity contribution in [2.45, 2.75) is 6.54 Å². The molecule has 0 saturated carbocycles. The summed E-state index contributed by atoms with van der Waals surface area (Å²) in [7, 11) is 0. The van der Waals surface area contributed by atoms with E-state index in [1.165, 1.54) is 4.88 Å². The van der Waals surface area contributed by atoms with Gasteiger partial charge in [0.15, 0.2) is 0 Å². The van der Waals surface area contributed by atoms with Crippen LogP contribution in [0.25, 0.3) is 0 Å². The lowest BCUT2D eigenvalue weighted by Crippen LogP contribution is -2.20. The molecule has 0 aliphatic heterocycles. The minimum absolute atomic E-state index is 0.602. The summed E-state index contributed by atoms with van der Waals surface area (Å²) in [5, 5.41) is 5.38. The van der Waals surface area contributed by atoms with Gasteiger partial charge in [-0.15, -0.1) is 11.3 Å². The summed E-state index contributed by atoms with van der Waals surface area (Å²) < 4.78 is 5.22. The molecular weight excluding hydrogens is 184 g/mol. The van der Waals surface area contributed by atoms with Gasteiger partial charge in [0.05, 0.1) is 13.2 Å². The van der Waals surface area contributed by atoms with Crippen molar-refractivity contribution in [1.29, 1.82) is 0 Å². The normalized spacial score (nSPS) is 10.5. The highest BCUT2D eigenvalue weighted by Gasteiger charge is 1.91. The average molecular weight is 200 g/mol. The van der Waals surface area contributed by atoms with E-state index >= 15 is 0 Å². The van der Waals surface area contributed by atoms with Gasteiger partial charge < -0.3 is 15.8 Å². The third-order valence-corrected chi connectivity index (χ3v) is 2.44. The highest BCUT2D eigenvalue weighted by Crippen LogP contribution is 2.06. The molecule has 0 amide bonds. The summed E-state index contributed by atoms with van der Waals surface area (Å²) in [6, 6.07) is 4.19. The van der Waals surface area contributed by atoms with E-state index in [1.807, 2.05) is 0 Å². The second kappa shape index (κ2) is 7.03. The molecule has 0 spiro atoms. The lowest BCUT2D eigenvalue weighted by molar-refractivity contribution is 0.143. The van der Waals surface area contributed by atoms with Gasteiger partial charge in [-0.3, -0.25) is 0 Å².